The van der Waals surface area contributed by atoms with Gasteiger partial charge in [0.25, 0.3) is 0 Å². The standard InChI is InChI=1S/C12H22O3/c1-6-11(4,9(13)15-5)12(14)7-10(2,3)8-12/h14H,6-8H2,1-5H3. The average molecular weight is 214 g/mol. The molecule has 1 aliphatic rings. The zero-order valence-corrected chi connectivity index (χ0v) is 10.4. The number of carbonyl (C=O) groups excluding carboxylic acids is 1. The molecule has 3 heteroatoms. The van der Waals surface area contributed by atoms with Gasteiger partial charge in [0.1, 0.15) is 0 Å². The van der Waals surface area contributed by atoms with Crippen molar-refractivity contribution in [1.29, 1.82) is 0 Å². The number of rotatable bonds is 3. The molecule has 0 aromatic heterocycles. The second kappa shape index (κ2) is 3.48. The van der Waals surface area contributed by atoms with Gasteiger partial charge in [-0.05, 0) is 31.6 Å². The van der Waals surface area contributed by atoms with Gasteiger partial charge in [-0.2, -0.15) is 0 Å². The maximum Gasteiger partial charge on any atom is 0.314 e. The lowest BCUT2D eigenvalue weighted by Crippen LogP contribution is -2.62. The molecule has 1 fully saturated rings. The number of carbonyl (C=O) groups is 1. The van der Waals surface area contributed by atoms with Crippen LogP contribution in [0.2, 0.25) is 0 Å². The van der Waals surface area contributed by atoms with Crippen LogP contribution in [0.15, 0.2) is 0 Å². The Kier molecular flexibility index (Phi) is 2.90. The highest BCUT2D eigenvalue weighted by molar-refractivity contribution is 5.78. The Hall–Kier alpha value is -0.570. The van der Waals surface area contributed by atoms with Crippen LogP contribution in [0.5, 0.6) is 0 Å². The van der Waals surface area contributed by atoms with Crippen molar-refractivity contribution in [2.24, 2.45) is 10.8 Å². The number of aliphatic hydroxyl groups is 1. The topological polar surface area (TPSA) is 46.5 Å². The molecular formula is C12H22O3. The van der Waals surface area contributed by atoms with Crippen molar-refractivity contribution in [1.82, 2.24) is 0 Å². The highest BCUT2D eigenvalue weighted by Gasteiger charge is 2.61. The molecule has 15 heavy (non-hydrogen) atoms. The van der Waals surface area contributed by atoms with Gasteiger partial charge in [-0.1, -0.05) is 20.8 Å². The molecule has 1 unspecified atom stereocenters. The van der Waals surface area contributed by atoms with Crippen LogP contribution in [0.1, 0.15) is 47.0 Å². The van der Waals surface area contributed by atoms with Crippen molar-refractivity contribution in [2.45, 2.75) is 52.6 Å². The van der Waals surface area contributed by atoms with Gasteiger partial charge in [0.2, 0.25) is 0 Å². The van der Waals surface area contributed by atoms with Gasteiger partial charge in [-0.15, -0.1) is 0 Å². The quantitative estimate of drug-likeness (QED) is 0.732. The van der Waals surface area contributed by atoms with Gasteiger partial charge in [-0.25, -0.2) is 0 Å². The largest absolute Gasteiger partial charge is 0.469 e. The van der Waals surface area contributed by atoms with E-state index in [4.69, 9.17) is 4.74 Å². The molecular weight excluding hydrogens is 192 g/mol. The monoisotopic (exact) mass is 214 g/mol. The minimum atomic E-state index is -0.891. The molecule has 3 nitrogen and oxygen atoms in total. The summed E-state index contributed by atoms with van der Waals surface area (Å²) < 4.78 is 4.80. The van der Waals surface area contributed by atoms with Crippen LogP contribution in [0.25, 0.3) is 0 Å². The van der Waals surface area contributed by atoms with E-state index in [2.05, 4.69) is 13.8 Å². The molecule has 1 rings (SSSR count). The molecule has 0 aliphatic heterocycles. The maximum atomic E-state index is 11.7. The summed E-state index contributed by atoms with van der Waals surface area (Å²) in [4.78, 5) is 11.7. The molecule has 1 atom stereocenters. The number of ether oxygens (including phenoxy) is 1. The number of methoxy groups -OCH3 is 1. The van der Waals surface area contributed by atoms with E-state index < -0.39 is 11.0 Å². The Morgan fingerprint density at radius 1 is 1.47 bits per heavy atom. The molecule has 0 bridgehead atoms. The lowest BCUT2D eigenvalue weighted by Gasteiger charge is -2.57. The van der Waals surface area contributed by atoms with Crippen LogP contribution in [0, 0.1) is 10.8 Å². The first-order chi connectivity index (χ1) is 6.71. The van der Waals surface area contributed by atoms with E-state index in [1.165, 1.54) is 7.11 Å². The van der Waals surface area contributed by atoms with Gasteiger partial charge in [0.15, 0.2) is 0 Å². The van der Waals surface area contributed by atoms with Gasteiger partial charge < -0.3 is 9.84 Å². The zero-order chi connectivity index (χ0) is 11.9. The predicted octanol–water partition coefficient (Wildman–Crippen LogP) is 2.13. The highest BCUT2D eigenvalue weighted by atomic mass is 16.5. The Morgan fingerprint density at radius 3 is 2.20 bits per heavy atom. The van der Waals surface area contributed by atoms with Crippen LogP contribution in [0.3, 0.4) is 0 Å². The first kappa shape index (κ1) is 12.5. The first-order valence-electron chi connectivity index (χ1n) is 5.51. The van der Waals surface area contributed by atoms with Crippen LogP contribution >= 0.6 is 0 Å². The van der Waals surface area contributed by atoms with E-state index in [0.29, 0.717) is 19.3 Å². The molecule has 0 aromatic rings. The van der Waals surface area contributed by atoms with Crippen molar-refractivity contribution in [3.05, 3.63) is 0 Å². The minimum Gasteiger partial charge on any atom is -0.469 e. The smallest absolute Gasteiger partial charge is 0.314 e. The van der Waals surface area contributed by atoms with Crippen molar-refractivity contribution >= 4 is 5.97 Å². The fourth-order valence-electron chi connectivity index (χ4n) is 2.81. The van der Waals surface area contributed by atoms with Crippen LogP contribution in [-0.2, 0) is 9.53 Å². The summed E-state index contributed by atoms with van der Waals surface area (Å²) in [7, 11) is 1.38. The van der Waals surface area contributed by atoms with Crippen molar-refractivity contribution in [3.63, 3.8) is 0 Å². The molecule has 1 aliphatic carbocycles. The SMILES string of the molecule is CCC(C)(C(=O)OC)C1(O)CC(C)(C)C1. The van der Waals surface area contributed by atoms with Gasteiger partial charge in [-0.3, -0.25) is 4.79 Å². The molecule has 0 amide bonds. The van der Waals surface area contributed by atoms with E-state index in [0.717, 1.165) is 0 Å². The van der Waals surface area contributed by atoms with Crippen molar-refractivity contribution < 1.29 is 14.6 Å². The molecule has 1 N–H and O–H groups in total. The number of hydrogen-bond acceptors (Lipinski definition) is 3. The third kappa shape index (κ3) is 1.78. The summed E-state index contributed by atoms with van der Waals surface area (Å²) in [6, 6.07) is 0. The molecule has 0 heterocycles. The molecule has 1 saturated carbocycles. The van der Waals surface area contributed by atoms with Crippen LogP contribution in [-0.4, -0.2) is 23.8 Å². The van der Waals surface area contributed by atoms with Crippen molar-refractivity contribution in [2.75, 3.05) is 7.11 Å². The Bertz CT molecular complexity index is 262. The van der Waals surface area contributed by atoms with E-state index in [1.54, 1.807) is 6.92 Å². The van der Waals surface area contributed by atoms with Gasteiger partial charge >= 0.3 is 5.97 Å². The third-order valence-electron chi connectivity index (χ3n) is 3.91. The molecule has 0 spiro atoms. The average Bonchev–Trinajstić information content (AvgIpc) is 2.11. The minimum absolute atomic E-state index is 0.138. The van der Waals surface area contributed by atoms with Crippen LogP contribution < -0.4 is 0 Å². The first-order valence-corrected chi connectivity index (χ1v) is 5.51. The molecule has 0 radical (unpaired) electrons. The maximum absolute atomic E-state index is 11.7. The van der Waals surface area contributed by atoms with E-state index in [-0.39, 0.29) is 11.4 Å². The van der Waals surface area contributed by atoms with Crippen molar-refractivity contribution in [3.8, 4) is 0 Å². The molecule has 88 valence electrons. The fourth-order valence-corrected chi connectivity index (χ4v) is 2.81. The normalized spacial score (nSPS) is 26.3. The lowest BCUT2D eigenvalue weighted by molar-refractivity contribution is -0.209. The van der Waals surface area contributed by atoms with E-state index >= 15 is 0 Å². The second-order valence-electron chi connectivity index (χ2n) is 5.73. The summed E-state index contributed by atoms with van der Waals surface area (Å²) in [5.41, 5.74) is -1.52. The second-order valence-corrected chi connectivity index (χ2v) is 5.73. The predicted molar refractivity (Wildman–Crippen MR) is 58.4 cm³/mol. The lowest BCUT2D eigenvalue weighted by atomic mass is 9.51. The Morgan fingerprint density at radius 2 is 1.93 bits per heavy atom. The van der Waals surface area contributed by atoms with Gasteiger partial charge in [0.05, 0.1) is 18.1 Å². The molecule has 0 aromatic carbocycles. The van der Waals surface area contributed by atoms with E-state index in [1.807, 2.05) is 6.92 Å². The van der Waals surface area contributed by atoms with Crippen LogP contribution in [0.4, 0.5) is 0 Å². The summed E-state index contributed by atoms with van der Waals surface area (Å²) in [6.07, 6.45) is 1.94. The number of esters is 1. The zero-order valence-electron chi connectivity index (χ0n) is 10.4. The highest BCUT2D eigenvalue weighted by Crippen LogP contribution is 2.57. The summed E-state index contributed by atoms with van der Waals surface area (Å²) in [6.45, 7) is 7.93. The summed E-state index contributed by atoms with van der Waals surface area (Å²) in [5, 5.41) is 10.5. The molecule has 0 saturated heterocycles. The fraction of sp³-hybridized carbons (Fsp3) is 0.917. The Labute approximate surface area is 91.8 Å². The summed E-state index contributed by atoms with van der Waals surface area (Å²) >= 11 is 0. The van der Waals surface area contributed by atoms with Gasteiger partial charge in [0, 0.05) is 0 Å². The third-order valence-corrected chi connectivity index (χ3v) is 3.91. The number of hydrogen-bond donors (Lipinski definition) is 1. The van der Waals surface area contributed by atoms with E-state index in [9.17, 15) is 9.90 Å². The Balaban J connectivity index is 2.89. The summed E-state index contributed by atoms with van der Waals surface area (Å²) in [5.74, 6) is -0.303.